The van der Waals surface area contributed by atoms with Crippen LogP contribution >= 0.6 is 0 Å². The van der Waals surface area contributed by atoms with E-state index >= 15 is 0 Å². The molecule has 0 aromatic heterocycles. The Kier molecular flexibility index (Phi) is 4.38. The molecule has 0 unspecified atom stereocenters. The van der Waals surface area contributed by atoms with Crippen LogP contribution < -0.4 is 0 Å². The number of carbonyl (C=O) groups is 2. The second kappa shape index (κ2) is 5.83. The quantitative estimate of drug-likeness (QED) is 0.723. The van der Waals surface area contributed by atoms with Crippen LogP contribution in [0.2, 0.25) is 0 Å². The number of aliphatic hydroxyl groups is 1. The number of methoxy groups -OCH3 is 1. The van der Waals surface area contributed by atoms with Gasteiger partial charge in [0.2, 0.25) is 0 Å². The van der Waals surface area contributed by atoms with Gasteiger partial charge >= 0.3 is 5.97 Å². The Hall–Kier alpha value is -0.900. The fraction of sp³-hybridized carbons (Fsp3) is 0.857. The van der Waals surface area contributed by atoms with Gasteiger partial charge in [0.1, 0.15) is 5.78 Å². The van der Waals surface area contributed by atoms with Gasteiger partial charge in [0.05, 0.1) is 19.1 Å². The summed E-state index contributed by atoms with van der Waals surface area (Å²) >= 11 is 0. The van der Waals surface area contributed by atoms with E-state index < -0.39 is 12.0 Å². The van der Waals surface area contributed by atoms with Gasteiger partial charge in [-0.25, -0.2) is 0 Å². The van der Waals surface area contributed by atoms with E-state index in [1.165, 1.54) is 7.11 Å². The van der Waals surface area contributed by atoms with E-state index in [1.54, 1.807) is 0 Å². The third-order valence-corrected chi connectivity index (χ3v) is 4.50. The number of fused-ring (bicyclic) bond motifs is 1. The standard InChI is InChI=1S/C14H22O4/c1-18-14(17)11-8-10-9(13(11)16)6-4-2-3-5-7-12(10)15/h9-11,13,16H,2-8H2,1H3/t9-,10-,11+,13-/m0/s1. The van der Waals surface area contributed by atoms with Gasteiger partial charge in [-0.15, -0.1) is 0 Å². The number of aliphatic hydroxyl groups excluding tert-OH is 1. The van der Waals surface area contributed by atoms with Crippen LogP contribution in [-0.2, 0) is 14.3 Å². The van der Waals surface area contributed by atoms with Crippen LogP contribution in [0.15, 0.2) is 0 Å². The zero-order valence-electron chi connectivity index (χ0n) is 10.9. The monoisotopic (exact) mass is 254 g/mol. The first-order valence-corrected chi connectivity index (χ1v) is 6.93. The molecule has 4 atom stereocenters. The summed E-state index contributed by atoms with van der Waals surface area (Å²) in [5.74, 6) is -0.831. The first kappa shape index (κ1) is 13.5. The summed E-state index contributed by atoms with van der Waals surface area (Å²) in [6.45, 7) is 0. The van der Waals surface area contributed by atoms with E-state index in [-0.39, 0.29) is 23.6 Å². The molecule has 2 aliphatic carbocycles. The molecule has 0 aliphatic heterocycles. The first-order valence-electron chi connectivity index (χ1n) is 6.93. The molecule has 2 aliphatic rings. The van der Waals surface area contributed by atoms with Crippen molar-refractivity contribution in [3.8, 4) is 0 Å². The minimum atomic E-state index is -0.704. The molecule has 0 saturated heterocycles. The highest BCUT2D eigenvalue weighted by atomic mass is 16.5. The van der Waals surface area contributed by atoms with Gasteiger partial charge in [0, 0.05) is 12.3 Å². The van der Waals surface area contributed by atoms with Crippen molar-refractivity contribution in [2.75, 3.05) is 7.11 Å². The molecule has 0 amide bonds. The fourth-order valence-corrected chi connectivity index (χ4v) is 3.47. The first-order chi connectivity index (χ1) is 8.65. The number of hydrogen-bond donors (Lipinski definition) is 1. The molecule has 0 heterocycles. The van der Waals surface area contributed by atoms with Gasteiger partial charge < -0.3 is 9.84 Å². The lowest BCUT2D eigenvalue weighted by atomic mass is 9.86. The van der Waals surface area contributed by atoms with E-state index in [0.717, 1.165) is 32.1 Å². The smallest absolute Gasteiger partial charge is 0.311 e. The number of ketones is 1. The summed E-state index contributed by atoms with van der Waals surface area (Å²) in [5, 5.41) is 10.3. The maximum atomic E-state index is 12.1. The molecule has 0 radical (unpaired) electrons. The molecule has 0 spiro atoms. The molecule has 4 heteroatoms. The second-order valence-corrected chi connectivity index (χ2v) is 5.55. The molecule has 1 N–H and O–H groups in total. The van der Waals surface area contributed by atoms with Crippen molar-refractivity contribution in [2.24, 2.45) is 17.8 Å². The van der Waals surface area contributed by atoms with Gasteiger partial charge in [-0.05, 0) is 25.2 Å². The van der Waals surface area contributed by atoms with Crippen LogP contribution in [-0.4, -0.2) is 30.1 Å². The lowest BCUT2D eigenvalue weighted by Gasteiger charge is -2.20. The SMILES string of the molecule is COC(=O)[C@@H]1C[C@@H]2C(=O)CCCCCC[C@@H]2[C@@H]1O. The van der Waals surface area contributed by atoms with Crippen LogP contribution in [0.25, 0.3) is 0 Å². The summed E-state index contributed by atoms with van der Waals surface area (Å²) < 4.78 is 4.72. The average Bonchev–Trinajstić information content (AvgIpc) is 2.72. The highest BCUT2D eigenvalue weighted by Crippen LogP contribution is 2.42. The number of ether oxygens (including phenoxy) is 1. The van der Waals surface area contributed by atoms with Crippen molar-refractivity contribution < 1.29 is 19.4 Å². The molecular formula is C14H22O4. The molecule has 0 aromatic carbocycles. The Labute approximate surface area is 108 Å². The highest BCUT2D eigenvalue weighted by Gasteiger charge is 2.48. The Bertz CT molecular complexity index is 326. The lowest BCUT2D eigenvalue weighted by Crippen LogP contribution is -2.29. The van der Waals surface area contributed by atoms with Crippen LogP contribution in [0.1, 0.15) is 44.9 Å². The normalized spacial score (nSPS) is 37.3. The van der Waals surface area contributed by atoms with Gasteiger partial charge in [0.15, 0.2) is 0 Å². The summed E-state index contributed by atoms with van der Waals surface area (Å²) in [5.41, 5.74) is 0. The number of esters is 1. The minimum absolute atomic E-state index is 0.0419. The van der Waals surface area contributed by atoms with Gasteiger partial charge in [0.25, 0.3) is 0 Å². The molecule has 2 rings (SSSR count). The van der Waals surface area contributed by atoms with Crippen molar-refractivity contribution in [3.05, 3.63) is 0 Å². The largest absolute Gasteiger partial charge is 0.469 e. The minimum Gasteiger partial charge on any atom is -0.469 e. The van der Waals surface area contributed by atoms with Crippen molar-refractivity contribution >= 4 is 11.8 Å². The Morgan fingerprint density at radius 3 is 2.72 bits per heavy atom. The molecule has 2 fully saturated rings. The van der Waals surface area contributed by atoms with Gasteiger partial charge in [-0.3, -0.25) is 9.59 Å². The van der Waals surface area contributed by atoms with Crippen LogP contribution in [0, 0.1) is 17.8 Å². The molecule has 18 heavy (non-hydrogen) atoms. The lowest BCUT2D eigenvalue weighted by molar-refractivity contribution is -0.148. The number of Topliss-reactive ketones (excluding diaryl/α,β-unsaturated/α-hetero) is 1. The summed E-state index contributed by atoms with van der Waals surface area (Å²) in [4.78, 5) is 23.8. The third-order valence-electron chi connectivity index (χ3n) is 4.50. The predicted molar refractivity (Wildman–Crippen MR) is 65.8 cm³/mol. The van der Waals surface area contributed by atoms with E-state index in [0.29, 0.717) is 12.8 Å². The fourth-order valence-electron chi connectivity index (χ4n) is 3.47. The van der Waals surface area contributed by atoms with E-state index in [4.69, 9.17) is 4.74 Å². The zero-order valence-corrected chi connectivity index (χ0v) is 10.9. The molecule has 0 aromatic rings. The van der Waals surface area contributed by atoms with Gasteiger partial charge in [-0.1, -0.05) is 19.3 Å². The number of carbonyl (C=O) groups excluding carboxylic acids is 2. The van der Waals surface area contributed by atoms with Crippen molar-refractivity contribution in [1.29, 1.82) is 0 Å². The summed E-state index contributed by atoms with van der Waals surface area (Å²) in [6, 6.07) is 0. The van der Waals surface area contributed by atoms with Crippen molar-refractivity contribution in [1.82, 2.24) is 0 Å². The van der Waals surface area contributed by atoms with Crippen LogP contribution in [0.5, 0.6) is 0 Å². The molecule has 0 bridgehead atoms. The Morgan fingerprint density at radius 1 is 1.28 bits per heavy atom. The van der Waals surface area contributed by atoms with Gasteiger partial charge in [-0.2, -0.15) is 0 Å². The maximum Gasteiger partial charge on any atom is 0.311 e. The maximum absolute atomic E-state index is 12.1. The average molecular weight is 254 g/mol. The molecule has 2 saturated carbocycles. The Balaban J connectivity index is 2.14. The molecule has 4 nitrogen and oxygen atoms in total. The van der Waals surface area contributed by atoms with Crippen molar-refractivity contribution in [3.63, 3.8) is 0 Å². The summed E-state index contributed by atoms with van der Waals surface area (Å²) in [7, 11) is 1.34. The third kappa shape index (κ3) is 2.58. The molecule has 102 valence electrons. The predicted octanol–water partition coefficient (Wildman–Crippen LogP) is 1.70. The van der Waals surface area contributed by atoms with Crippen LogP contribution in [0.4, 0.5) is 0 Å². The van der Waals surface area contributed by atoms with E-state index in [1.807, 2.05) is 0 Å². The zero-order chi connectivity index (χ0) is 13.1. The topological polar surface area (TPSA) is 63.6 Å². The number of hydrogen-bond acceptors (Lipinski definition) is 4. The molecular weight excluding hydrogens is 232 g/mol. The van der Waals surface area contributed by atoms with E-state index in [9.17, 15) is 14.7 Å². The number of rotatable bonds is 1. The summed E-state index contributed by atoms with van der Waals surface area (Å²) in [6.07, 6.45) is 5.42. The van der Waals surface area contributed by atoms with Crippen molar-refractivity contribution in [2.45, 2.75) is 51.0 Å². The van der Waals surface area contributed by atoms with E-state index in [2.05, 4.69) is 0 Å². The van der Waals surface area contributed by atoms with Crippen LogP contribution in [0.3, 0.4) is 0 Å². The highest BCUT2D eigenvalue weighted by molar-refractivity contribution is 5.83. The second-order valence-electron chi connectivity index (χ2n) is 5.55. The Morgan fingerprint density at radius 2 is 2.00 bits per heavy atom.